The van der Waals surface area contributed by atoms with Crippen LogP contribution in [0.25, 0.3) is 11.1 Å². The molecule has 0 saturated heterocycles. The molecule has 0 spiro atoms. The highest BCUT2D eigenvalue weighted by Gasteiger charge is 2.09. The topological polar surface area (TPSA) is 49.8 Å². The Hall–Kier alpha value is -1.89. The van der Waals surface area contributed by atoms with Gasteiger partial charge in [-0.05, 0) is 6.07 Å². The van der Waals surface area contributed by atoms with Gasteiger partial charge in [0, 0.05) is 18.6 Å². The molecule has 0 fully saturated rings. The van der Waals surface area contributed by atoms with Crippen LogP contribution in [0.2, 0.25) is 0 Å². The Morgan fingerprint density at radius 2 is 2.36 bits per heavy atom. The Labute approximate surface area is 79.8 Å². The summed E-state index contributed by atoms with van der Waals surface area (Å²) in [6, 6.07) is 4.56. The minimum atomic E-state index is -0.393. The predicted molar refractivity (Wildman–Crippen MR) is 48.0 cm³/mol. The molecule has 1 aromatic heterocycles. The molecule has 0 aliphatic carbocycles. The molecule has 0 unspecified atom stereocenters. The predicted octanol–water partition coefficient (Wildman–Crippen LogP) is 2.34. The van der Waals surface area contributed by atoms with Crippen molar-refractivity contribution >= 4 is 11.1 Å². The maximum Gasteiger partial charge on any atom is 0.192 e. The van der Waals surface area contributed by atoms with E-state index in [9.17, 15) is 4.39 Å². The second-order valence-corrected chi connectivity index (χ2v) is 2.98. The van der Waals surface area contributed by atoms with Crippen molar-refractivity contribution in [3.05, 3.63) is 29.4 Å². The van der Waals surface area contributed by atoms with Crippen LogP contribution in [0, 0.1) is 24.1 Å². The van der Waals surface area contributed by atoms with Gasteiger partial charge in [0.05, 0.1) is 12.5 Å². The molecule has 3 nitrogen and oxygen atoms in total. The number of nitrogens with zero attached hydrogens (tertiary/aromatic N) is 2. The molecule has 14 heavy (non-hydrogen) atoms. The summed E-state index contributed by atoms with van der Waals surface area (Å²) in [6.07, 6.45) is 0.128. The third-order valence-electron chi connectivity index (χ3n) is 1.91. The molecule has 0 radical (unpaired) electrons. The highest BCUT2D eigenvalue weighted by Crippen LogP contribution is 2.21. The number of aryl methyl sites for hydroxylation is 1. The molecule has 1 heterocycles. The summed E-state index contributed by atoms with van der Waals surface area (Å²) in [5.41, 5.74) is 1.52. The number of oxazole rings is 1. The molecule has 2 aromatic rings. The molecule has 0 aliphatic rings. The Kier molecular flexibility index (Phi) is 1.93. The van der Waals surface area contributed by atoms with Crippen LogP contribution in [0.3, 0.4) is 0 Å². The van der Waals surface area contributed by atoms with Gasteiger partial charge in [0.2, 0.25) is 0 Å². The summed E-state index contributed by atoms with van der Waals surface area (Å²) in [5, 5.41) is 8.54. The molecule has 0 N–H and O–H groups in total. The van der Waals surface area contributed by atoms with Crippen molar-refractivity contribution in [3.8, 4) is 6.07 Å². The molecule has 0 bridgehead atoms. The number of halogens is 1. The molecule has 0 saturated carbocycles. The van der Waals surface area contributed by atoms with Crippen LogP contribution in [0.5, 0.6) is 0 Å². The second kappa shape index (κ2) is 3.11. The van der Waals surface area contributed by atoms with Crippen LogP contribution in [0.1, 0.15) is 11.5 Å². The number of hydrogen-bond acceptors (Lipinski definition) is 3. The highest BCUT2D eigenvalue weighted by atomic mass is 19.1. The summed E-state index contributed by atoms with van der Waals surface area (Å²) in [4.78, 5) is 4.00. The normalized spacial score (nSPS) is 10.4. The number of aromatic nitrogens is 1. The SMILES string of the molecule is Cc1nc2cc(F)cc(CC#N)c2o1. The van der Waals surface area contributed by atoms with Gasteiger partial charge in [-0.3, -0.25) is 0 Å². The third-order valence-corrected chi connectivity index (χ3v) is 1.91. The lowest BCUT2D eigenvalue weighted by Crippen LogP contribution is -1.85. The number of hydrogen-bond donors (Lipinski definition) is 0. The lowest BCUT2D eigenvalue weighted by atomic mass is 10.1. The molecular formula is C10H7FN2O. The van der Waals surface area contributed by atoms with Gasteiger partial charge < -0.3 is 4.42 Å². The van der Waals surface area contributed by atoms with E-state index in [1.165, 1.54) is 12.1 Å². The Balaban J connectivity index is 2.74. The number of nitriles is 1. The molecule has 70 valence electrons. The van der Waals surface area contributed by atoms with E-state index in [1.54, 1.807) is 6.92 Å². The minimum Gasteiger partial charge on any atom is -0.441 e. The van der Waals surface area contributed by atoms with Crippen molar-refractivity contribution < 1.29 is 8.81 Å². The van der Waals surface area contributed by atoms with E-state index in [4.69, 9.17) is 9.68 Å². The van der Waals surface area contributed by atoms with Crippen molar-refractivity contribution in [2.45, 2.75) is 13.3 Å². The van der Waals surface area contributed by atoms with Gasteiger partial charge in [-0.1, -0.05) is 0 Å². The molecule has 0 amide bonds. The summed E-state index contributed by atoms with van der Waals surface area (Å²) in [7, 11) is 0. The molecule has 4 heteroatoms. The van der Waals surface area contributed by atoms with E-state index in [0.29, 0.717) is 22.6 Å². The molecule has 0 aliphatic heterocycles. The number of benzene rings is 1. The van der Waals surface area contributed by atoms with Gasteiger partial charge >= 0.3 is 0 Å². The van der Waals surface area contributed by atoms with Crippen LogP contribution in [-0.2, 0) is 6.42 Å². The fraction of sp³-hybridized carbons (Fsp3) is 0.200. The van der Waals surface area contributed by atoms with Crippen LogP contribution < -0.4 is 0 Å². The first-order valence-corrected chi connectivity index (χ1v) is 4.13. The first-order valence-electron chi connectivity index (χ1n) is 4.13. The average molecular weight is 190 g/mol. The van der Waals surface area contributed by atoms with E-state index in [1.807, 2.05) is 6.07 Å². The lowest BCUT2D eigenvalue weighted by molar-refractivity contribution is 0.557. The standard InChI is InChI=1S/C10H7FN2O/c1-6-13-9-5-8(11)4-7(2-3-12)10(9)14-6/h4-5H,2H2,1H3. The van der Waals surface area contributed by atoms with Gasteiger partial charge in [-0.2, -0.15) is 5.26 Å². The zero-order chi connectivity index (χ0) is 10.1. The number of fused-ring (bicyclic) bond motifs is 1. The molecule has 0 atom stereocenters. The van der Waals surface area contributed by atoms with Gasteiger partial charge in [-0.25, -0.2) is 9.37 Å². The summed E-state index contributed by atoms with van der Waals surface area (Å²) in [5.74, 6) is 0.0841. The monoisotopic (exact) mass is 190 g/mol. The Morgan fingerprint density at radius 1 is 1.57 bits per heavy atom. The van der Waals surface area contributed by atoms with Crippen molar-refractivity contribution in [1.82, 2.24) is 4.98 Å². The Bertz CT molecular complexity index is 525. The van der Waals surface area contributed by atoms with Crippen molar-refractivity contribution in [3.63, 3.8) is 0 Å². The molecule has 2 rings (SSSR count). The second-order valence-electron chi connectivity index (χ2n) is 2.98. The van der Waals surface area contributed by atoms with Crippen molar-refractivity contribution in [2.24, 2.45) is 0 Å². The van der Waals surface area contributed by atoms with Crippen LogP contribution >= 0.6 is 0 Å². The van der Waals surface area contributed by atoms with E-state index in [-0.39, 0.29) is 6.42 Å². The molecule has 1 aromatic carbocycles. The van der Waals surface area contributed by atoms with E-state index >= 15 is 0 Å². The summed E-state index contributed by atoms with van der Waals surface area (Å²) in [6.45, 7) is 1.69. The maximum absolute atomic E-state index is 13.0. The molecular weight excluding hydrogens is 183 g/mol. The summed E-state index contributed by atoms with van der Waals surface area (Å²) < 4.78 is 18.3. The van der Waals surface area contributed by atoms with Crippen molar-refractivity contribution in [2.75, 3.05) is 0 Å². The minimum absolute atomic E-state index is 0.128. The average Bonchev–Trinajstić information content (AvgIpc) is 2.45. The van der Waals surface area contributed by atoms with E-state index < -0.39 is 5.82 Å². The first kappa shape index (κ1) is 8.70. The quantitative estimate of drug-likeness (QED) is 0.693. The fourth-order valence-electron chi connectivity index (χ4n) is 1.39. The largest absolute Gasteiger partial charge is 0.441 e. The van der Waals surface area contributed by atoms with Gasteiger partial charge in [0.1, 0.15) is 11.3 Å². The zero-order valence-corrected chi connectivity index (χ0v) is 7.54. The van der Waals surface area contributed by atoms with E-state index in [2.05, 4.69) is 4.98 Å². The van der Waals surface area contributed by atoms with E-state index in [0.717, 1.165) is 0 Å². The van der Waals surface area contributed by atoms with Gasteiger partial charge in [-0.15, -0.1) is 0 Å². The highest BCUT2D eigenvalue weighted by molar-refractivity contribution is 5.76. The van der Waals surface area contributed by atoms with Crippen LogP contribution in [0.15, 0.2) is 16.5 Å². The van der Waals surface area contributed by atoms with Crippen LogP contribution in [0.4, 0.5) is 4.39 Å². The van der Waals surface area contributed by atoms with Gasteiger partial charge in [0.25, 0.3) is 0 Å². The third kappa shape index (κ3) is 1.33. The van der Waals surface area contributed by atoms with Gasteiger partial charge in [0.15, 0.2) is 11.5 Å². The maximum atomic E-state index is 13.0. The fourth-order valence-corrected chi connectivity index (χ4v) is 1.39. The smallest absolute Gasteiger partial charge is 0.192 e. The first-order chi connectivity index (χ1) is 6.70. The zero-order valence-electron chi connectivity index (χ0n) is 7.54. The van der Waals surface area contributed by atoms with Crippen molar-refractivity contribution in [1.29, 1.82) is 5.26 Å². The number of rotatable bonds is 1. The Morgan fingerprint density at radius 3 is 3.07 bits per heavy atom. The lowest BCUT2D eigenvalue weighted by Gasteiger charge is -1.95. The van der Waals surface area contributed by atoms with Crippen LogP contribution in [-0.4, -0.2) is 4.98 Å². The summed E-state index contributed by atoms with van der Waals surface area (Å²) >= 11 is 0.